The van der Waals surface area contributed by atoms with Crippen molar-refractivity contribution in [2.24, 2.45) is 5.73 Å². The monoisotopic (exact) mass is 246 g/mol. The normalized spacial score (nSPS) is 11.6. The molecule has 1 aromatic rings. The third-order valence-electron chi connectivity index (χ3n) is 1.96. The standard InChI is InChI=1S/C11H13F3N2O/c1-6(2)17-7-3-4-9(11(12,13)14)8(5-7)10(15)16/h3-6H,1-2H3,(H3,15,16). The van der Waals surface area contributed by atoms with Gasteiger partial charge in [0.2, 0.25) is 0 Å². The maximum atomic E-state index is 12.6. The number of rotatable bonds is 3. The van der Waals surface area contributed by atoms with E-state index < -0.39 is 17.6 Å². The summed E-state index contributed by atoms with van der Waals surface area (Å²) in [6.45, 7) is 3.51. The summed E-state index contributed by atoms with van der Waals surface area (Å²) in [6.07, 6.45) is -4.69. The van der Waals surface area contributed by atoms with Crippen molar-refractivity contribution in [2.75, 3.05) is 0 Å². The summed E-state index contributed by atoms with van der Waals surface area (Å²) in [7, 11) is 0. The second-order valence-electron chi connectivity index (χ2n) is 3.79. The first-order valence-electron chi connectivity index (χ1n) is 4.94. The molecule has 3 N–H and O–H groups in total. The van der Waals surface area contributed by atoms with Crippen LogP contribution in [-0.2, 0) is 6.18 Å². The molecule has 0 amide bonds. The molecule has 0 saturated heterocycles. The first-order valence-corrected chi connectivity index (χ1v) is 4.94. The van der Waals surface area contributed by atoms with Gasteiger partial charge < -0.3 is 10.5 Å². The van der Waals surface area contributed by atoms with Gasteiger partial charge in [0.1, 0.15) is 11.6 Å². The minimum absolute atomic E-state index is 0.161. The van der Waals surface area contributed by atoms with E-state index in [2.05, 4.69) is 0 Å². The first-order chi connectivity index (χ1) is 7.71. The highest BCUT2D eigenvalue weighted by Gasteiger charge is 2.34. The smallest absolute Gasteiger partial charge is 0.417 e. The quantitative estimate of drug-likeness (QED) is 0.636. The first kappa shape index (κ1) is 13.3. The van der Waals surface area contributed by atoms with E-state index in [4.69, 9.17) is 15.9 Å². The maximum Gasteiger partial charge on any atom is 0.417 e. The van der Waals surface area contributed by atoms with Crippen LogP contribution in [0.2, 0.25) is 0 Å². The van der Waals surface area contributed by atoms with Crippen LogP contribution < -0.4 is 10.5 Å². The van der Waals surface area contributed by atoms with E-state index >= 15 is 0 Å². The Morgan fingerprint density at radius 2 is 1.94 bits per heavy atom. The Kier molecular flexibility index (Phi) is 3.65. The molecule has 0 bridgehead atoms. The third kappa shape index (κ3) is 3.37. The lowest BCUT2D eigenvalue weighted by molar-refractivity contribution is -0.137. The minimum atomic E-state index is -4.53. The number of alkyl halides is 3. The molecular weight excluding hydrogens is 233 g/mol. The molecule has 0 aliphatic heterocycles. The highest BCUT2D eigenvalue weighted by atomic mass is 19.4. The molecule has 0 spiro atoms. The van der Waals surface area contributed by atoms with E-state index in [1.807, 2.05) is 0 Å². The molecule has 1 rings (SSSR count). The van der Waals surface area contributed by atoms with Crippen LogP contribution in [0.25, 0.3) is 0 Å². The summed E-state index contributed by atoms with van der Waals surface area (Å²) < 4.78 is 43.1. The zero-order valence-corrected chi connectivity index (χ0v) is 9.43. The van der Waals surface area contributed by atoms with Crippen LogP contribution in [0, 0.1) is 5.41 Å². The minimum Gasteiger partial charge on any atom is -0.491 e. The van der Waals surface area contributed by atoms with E-state index in [9.17, 15) is 13.2 Å². The van der Waals surface area contributed by atoms with Crippen molar-refractivity contribution in [1.29, 1.82) is 5.41 Å². The zero-order valence-electron chi connectivity index (χ0n) is 9.43. The second-order valence-corrected chi connectivity index (χ2v) is 3.79. The second kappa shape index (κ2) is 4.65. The number of amidine groups is 1. The molecule has 6 heteroatoms. The van der Waals surface area contributed by atoms with E-state index in [0.29, 0.717) is 0 Å². The van der Waals surface area contributed by atoms with Crippen LogP contribution in [0.3, 0.4) is 0 Å². The molecule has 0 aromatic heterocycles. The number of halogens is 3. The Morgan fingerprint density at radius 1 is 1.35 bits per heavy atom. The maximum absolute atomic E-state index is 12.6. The molecular formula is C11H13F3N2O. The van der Waals surface area contributed by atoms with Crippen molar-refractivity contribution in [1.82, 2.24) is 0 Å². The Labute approximate surface area is 96.9 Å². The molecule has 0 atom stereocenters. The van der Waals surface area contributed by atoms with Crippen LogP contribution in [0.5, 0.6) is 5.75 Å². The van der Waals surface area contributed by atoms with Crippen LogP contribution in [0.1, 0.15) is 25.0 Å². The molecule has 17 heavy (non-hydrogen) atoms. The number of ether oxygens (including phenoxy) is 1. The molecule has 0 heterocycles. The highest BCUT2D eigenvalue weighted by Crippen LogP contribution is 2.33. The number of nitrogens with one attached hydrogen (secondary N) is 1. The van der Waals surface area contributed by atoms with Crippen LogP contribution in [0.4, 0.5) is 13.2 Å². The molecule has 0 fully saturated rings. The van der Waals surface area contributed by atoms with E-state index in [0.717, 1.165) is 12.1 Å². The van der Waals surface area contributed by atoms with E-state index in [-0.39, 0.29) is 17.4 Å². The molecule has 0 aliphatic carbocycles. The number of benzene rings is 1. The lowest BCUT2D eigenvalue weighted by atomic mass is 10.1. The topological polar surface area (TPSA) is 59.1 Å². The predicted molar refractivity (Wildman–Crippen MR) is 58.2 cm³/mol. The molecule has 94 valence electrons. The van der Waals surface area contributed by atoms with Crippen LogP contribution in [0.15, 0.2) is 18.2 Å². The molecule has 0 unspecified atom stereocenters. The fourth-order valence-corrected chi connectivity index (χ4v) is 1.34. The molecule has 0 aliphatic rings. The summed E-state index contributed by atoms with van der Waals surface area (Å²) in [5.74, 6) is -0.371. The van der Waals surface area contributed by atoms with E-state index in [1.54, 1.807) is 13.8 Å². The van der Waals surface area contributed by atoms with Gasteiger partial charge in [0.25, 0.3) is 0 Å². The van der Waals surface area contributed by atoms with E-state index in [1.165, 1.54) is 6.07 Å². The van der Waals surface area contributed by atoms with Gasteiger partial charge in [-0.15, -0.1) is 0 Å². The van der Waals surface area contributed by atoms with Gasteiger partial charge >= 0.3 is 6.18 Å². The van der Waals surface area contributed by atoms with Gasteiger partial charge in [-0.2, -0.15) is 13.2 Å². The molecule has 1 aromatic carbocycles. The average Bonchev–Trinajstić information content (AvgIpc) is 2.14. The fraction of sp³-hybridized carbons (Fsp3) is 0.364. The summed E-state index contributed by atoms with van der Waals surface area (Å²) in [6, 6.07) is 3.22. The number of nitrogens with two attached hydrogens (primary N) is 1. The molecule has 0 saturated carbocycles. The van der Waals surface area contributed by atoms with Crippen LogP contribution >= 0.6 is 0 Å². The summed E-state index contributed by atoms with van der Waals surface area (Å²) in [5, 5.41) is 7.16. The predicted octanol–water partition coefficient (Wildman–Crippen LogP) is 2.78. The van der Waals surface area contributed by atoms with Gasteiger partial charge in [0, 0.05) is 5.56 Å². The highest BCUT2D eigenvalue weighted by molar-refractivity contribution is 5.97. The summed E-state index contributed by atoms with van der Waals surface area (Å²) in [5.41, 5.74) is 3.84. The summed E-state index contributed by atoms with van der Waals surface area (Å²) >= 11 is 0. The number of nitrogen functional groups attached to an aromatic ring is 1. The Bertz CT molecular complexity index is 427. The number of hydrogen-bond donors (Lipinski definition) is 2. The van der Waals surface area contributed by atoms with Crippen molar-refractivity contribution in [2.45, 2.75) is 26.1 Å². The summed E-state index contributed by atoms with van der Waals surface area (Å²) in [4.78, 5) is 0. The van der Waals surface area contributed by atoms with Crippen molar-refractivity contribution < 1.29 is 17.9 Å². The van der Waals surface area contributed by atoms with Gasteiger partial charge in [0.05, 0.1) is 11.7 Å². The van der Waals surface area contributed by atoms with Crippen molar-refractivity contribution in [3.8, 4) is 5.75 Å². The van der Waals surface area contributed by atoms with Gasteiger partial charge in [-0.3, -0.25) is 5.41 Å². The molecule has 3 nitrogen and oxygen atoms in total. The van der Waals surface area contributed by atoms with Crippen molar-refractivity contribution in [3.63, 3.8) is 0 Å². The largest absolute Gasteiger partial charge is 0.491 e. The zero-order chi connectivity index (χ0) is 13.2. The van der Waals surface area contributed by atoms with Crippen molar-refractivity contribution >= 4 is 5.84 Å². The van der Waals surface area contributed by atoms with Gasteiger partial charge in [0.15, 0.2) is 0 Å². The Hall–Kier alpha value is -1.72. The van der Waals surface area contributed by atoms with Crippen LogP contribution in [-0.4, -0.2) is 11.9 Å². The van der Waals surface area contributed by atoms with Crippen molar-refractivity contribution in [3.05, 3.63) is 29.3 Å². The average molecular weight is 246 g/mol. The number of hydrogen-bond acceptors (Lipinski definition) is 2. The SMILES string of the molecule is CC(C)Oc1ccc(C(F)(F)F)c(C(=N)N)c1. The van der Waals surface area contributed by atoms with Gasteiger partial charge in [-0.05, 0) is 32.0 Å². The molecule has 0 radical (unpaired) electrons. The third-order valence-corrected chi connectivity index (χ3v) is 1.96. The fourth-order valence-electron chi connectivity index (χ4n) is 1.34. The van der Waals surface area contributed by atoms with Gasteiger partial charge in [-0.25, -0.2) is 0 Å². The lowest BCUT2D eigenvalue weighted by Crippen LogP contribution is -2.19. The Morgan fingerprint density at radius 3 is 2.35 bits per heavy atom. The Balaban J connectivity index is 3.23. The lowest BCUT2D eigenvalue weighted by Gasteiger charge is -2.15. The van der Waals surface area contributed by atoms with Gasteiger partial charge in [-0.1, -0.05) is 0 Å².